The van der Waals surface area contributed by atoms with Gasteiger partial charge in [0.2, 0.25) is 0 Å². The predicted octanol–water partition coefficient (Wildman–Crippen LogP) is 4.02. The Morgan fingerprint density at radius 1 is 1.04 bits per heavy atom. The topological polar surface area (TPSA) is 37.6 Å². The molecule has 0 amide bonds. The number of ether oxygens (including phenoxy) is 1. The molecule has 0 radical (unpaired) electrons. The van der Waals surface area contributed by atoms with Crippen molar-refractivity contribution in [2.24, 2.45) is 0 Å². The zero-order valence-electron chi connectivity index (χ0n) is 15.9. The maximum atomic E-state index is 10.7. The molecular formula is C22H28N2O2. The Balaban J connectivity index is 1.96. The van der Waals surface area contributed by atoms with Gasteiger partial charge in [-0.3, -0.25) is 0 Å². The van der Waals surface area contributed by atoms with Crippen molar-refractivity contribution in [1.82, 2.24) is 9.47 Å². The van der Waals surface area contributed by atoms with Crippen molar-refractivity contribution in [3.05, 3.63) is 54.6 Å². The van der Waals surface area contributed by atoms with Gasteiger partial charge in [-0.25, -0.2) is 0 Å². The number of fused-ring (bicyclic) bond motifs is 1. The highest BCUT2D eigenvalue weighted by Crippen LogP contribution is 2.29. The third kappa shape index (κ3) is 3.92. The molecule has 1 N–H and O–H groups in total. The highest BCUT2D eigenvalue weighted by atomic mass is 16.5. The van der Waals surface area contributed by atoms with Crippen LogP contribution in [-0.2, 0) is 6.54 Å². The lowest BCUT2D eigenvalue weighted by molar-refractivity contribution is 0.104. The lowest BCUT2D eigenvalue weighted by atomic mass is 10.1. The van der Waals surface area contributed by atoms with Crippen LogP contribution in [0.4, 0.5) is 0 Å². The summed E-state index contributed by atoms with van der Waals surface area (Å²) in [5.41, 5.74) is 3.39. The lowest BCUT2D eigenvalue weighted by Crippen LogP contribution is -2.34. The highest BCUT2D eigenvalue weighted by molar-refractivity contribution is 5.87. The Bertz CT molecular complexity index is 835. The maximum Gasteiger partial charge on any atom is 0.118 e. The molecule has 1 aromatic heterocycles. The number of aliphatic hydroxyl groups is 1. The second-order valence-corrected chi connectivity index (χ2v) is 6.57. The molecule has 0 bridgehead atoms. The van der Waals surface area contributed by atoms with E-state index in [0.717, 1.165) is 35.6 Å². The van der Waals surface area contributed by atoms with Crippen molar-refractivity contribution in [2.45, 2.75) is 26.5 Å². The summed E-state index contributed by atoms with van der Waals surface area (Å²) in [5.74, 6) is 0.845. The number of hydrogen-bond donors (Lipinski definition) is 1. The molecule has 3 aromatic rings. The second kappa shape index (κ2) is 8.39. The minimum absolute atomic E-state index is 0.414. The van der Waals surface area contributed by atoms with Gasteiger partial charge in [0.1, 0.15) is 5.75 Å². The summed E-state index contributed by atoms with van der Waals surface area (Å²) < 4.78 is 7.50. The summed E-state index contributed by atoms with van der Waals surface area (Å²) >= 11 is 0. The summed E-state index contributed by atoms with van der Waals surface area (Å²) in [6.45, 7) is 7.41. The Morgan fingerprint density at radius 3 is 2.38 bits per heavy atom. The molecule has 0 saturated carbocycles. The monoisotopic (exact) mass is 352 g/mol. The molecular weight excluding hydrogens is 324 g/mol. The summed E-state index contributed by atoms with van der Waals surface area (Å²) in [6.07, 6.45) is -0.414. The van der Waals surface area contributed by atoms with Crippen LogP contribution in [0.25, 0.3) is 22.2 Å². The first kappa shape index (κ1) is 18.5. The van der Waals surface area contributed by atoms with Gasteiger partial charge in [0.15, 0.2) is 0 Å². The van der Waals surface area contributed by atoms with Gasteiger partial charge in [0.25, 0.3) is 0 Å². The van der Waals surface area contributed by atoms with Crippen LogP contribution in [0.2, 0.25) is 0 Å². The SMILES string of the molecule is CCN(CC)CC(O)Cn1c(-c2ccc(OC)cc2)cc2ccccc21. The molecule has 1 heterocycles. The third-order valence-corrected chi connectivity index (χ3v) is 4.95. The smallest absolute Gasteiger partial charge is 0.118 e. The van der Waals surface area contributed by atoms with Gasteiger partial charge in [-0.1, -0.05) is 32.0 Å². The predicted molar refractivity (Wildman–Crippen MR) is 108 cm³/mol. The van der Waals surface area contributed by atoms with E-state index in [1.54, 1.807) is 7.11 Å². The van der Waals surface area contributed by atoms with E-state index in [9.17, 15) is 5.11 Å². The molecule has 0 aliphatic heterocycles. The van der Waals surface area contributed by atoms with Crippen LogP contribution in [-0.4, -0.2) is 47.4 Å². The van der Waals surface area contributed by atoms with Crippen molar-refractivity contribution >= 4 is 10.9 Å². The fraction of sp³-hybridized carbons (Fsp3) is 0.364. The van der Waals surface area contributed by atoms with E-state index >= 15 is 0 Å². The van der Waals surface area contributed by atoms with Crippen molar-refractivity contribution in [1.29, 1.82) is 0 Å². The van der Waals surface area contributed by atoms with Crippen LogP contribution in [0.3, 0.4) is 0 Å². The first-order valence-electron chi connectivity index (χ1n) is 9.29. The molecule has 0 aliphatic carbocycles. The van der Waals surface area contributed by atoms with E-state index in [1.807, 2.05) is 18.2 Å². The van der Waals surface area contributed by atoms with Gasteiger partial charge < -0.3 is 19.3 Å². The maximum absolute atomic E-state index is 10.7. The van der Waals surface area contributed by atoms with E-state index in [0.29, 0.717) is 13.1 Å². The number of rotatable bonds is 8. The molecule has 0 spiro atoms. The molecule has 26 heavy (non-hydrogen) atoms. The van der Waals surface area contributed by atoms with Crippen LogP contribution in [0.1, 0.15) is 13.8 Å². The normalized spacial score (nSPS) is 12.7. The van der Waals surface area contributed by atoms with Crippen LogP contribution in [0.5, 0.6) is 5.75 Å². The fourth-order valence-corrected chi connectivity index (χ4v) is 3.46. The zero-order chi connectivity index (χ0) is 18.5. The highest BCUT2D eigenvalue weighted by Gasteiger charge is 2.15. The first-order valence-corrected chi connectivity index (χ1v) is 9.29. The molecule has 0 aliphatic rings. The minimum Gasteiger partial charge on any atom is -0.497 e. The minimum atomic E-state index is -0.414. The number of likely N-dealkylation sites (N-methyl/N-ethyl adjacent to an activating group) is 1. The second-order valence-electron chi connectivity index (χ2n) is 6.57. The quantitative estimate of drug-likeness (QED) is 0.665. The van der Waals surface area contributed by atoms with E-state index in [-0.39, 0.29) is 0 Å². The van der Waals surface area contributed by atoms with E-state index < -0.39 is 6.10 Å². The Labute approximate surface area is 155 Å². The van der Waals surface area contributed by atoms with Gasteiger partial charge in [-0.15, -0.1) is 0 Å². The number of nitrogens with zero attached hydrogens (tertiary/aromatic N) is 2. The van der Waals surface area contributed by atoms with Gasteiger partial charge in [0, 0.05) is 23.1 Å². The van der Waals surface area contributed by atoms with Crippen LogP contribution in [0.15, 0.2) is 54.6 Å². The molecule has 1 unspecified atom stereocenters. The van der Waals surface area contributed by atoms with E-state index in [4.69, 9.17) is 4.74 Å². The number of para-hydroxylation sites is 1. The Morgan fingerprint density at radius 2 is 1.73 bits per heavy atom. The van der Waals surface area contributed by atoms with Crippen molar-refractivity contribution in [3.63, 3.8) is 0 Å². The molecule has 2 aromatic carbocycles. The average Bonchev–Trinajstić information content (AvgIpc) is 3.04. The van der Waals surface area contributed by atoms with E-state index in [2.05, 4.69) is 59.7 Å². The van der Waals surface area contributed by atoms with Crippen LogP contribution < -0.4 is 4.74 Å². The molecule has 4 heteroatoms. The lowest BCUT2D eigenvalue weighted by Gasteiger charge is -2.23. The Kier molecular flexibility index (Phi) is 5.96. The summed E-state index contributed by atoms with van der Waals surface area (Å²) in [5, 5.41) is 11.9. The van der Waals surface area contributed by atoms with E-state index in [1.165, 1.54) is 5.39 Å². The molecule has 138 valence electrons. The zero-order valence-corrected chi connectivity index (χ0v) is 15.9. The fourth-order valence-electron chi connectivity index (χ4n) is 3.46. The summed E-state index contributed by atoms with van der Waals surface area (Å²) in [6, 6.07) is 18.6. The molecule has 4 nitrogen and oxygen atoms in total. The molecule has 1 atom stereocenters. The van der Waals surface area contributed by atoms with Crippen molar-refractivity contribution < 1.29 is 9.84 Å². The average molecular weight is 352 g/mol. The number of methoxy groups -OCH3 is 1. The summed E-state index contributed by atoms with van der Waals surface area (Å²) in [7, 11) is 1.68. The van der Waals surface area contributed by atoms with Gasteiger partial charge in [-0.2, -0.15) is 0 Å². The number of aromatic nitrogens is 1. The first-order chi connectivity index (χ1) is 12.7. The van der Waals surface area contributed by atoms with Gasteiger partial charge in [-0.05, 0) is 55.1 Å². The number of aliphatic hydroxyl groups excluding tert-OH is 1. The standard InChI is InChI=1S/C22H28N2O2/c1-4-23(5-2)15-19(25)16-24-21-9-7-6-8-18(21)14-22(24)17-10-12-20(26-3)13-11-17/h6-14,19,25H,4-5,15-16H2,1-3H3. The largest absolute Gasteiger partial charge is 0.497 e. The van der Waals surface area contributed by atoms with Crippen LogP contribution >= 0.6 is 0 Å². The Hall–Kier alpha value is -2.30. The van der Waals surface area contributed by atoms with Gasteiger partial charge in [0.05, 0.1) is 19.8 Å². The molecule has 3 rings (SSSR count). The van der Waals surface area contributed by atoms with Crippen molar-refractivity contribution in [2.75, 3.05) is 26.7 Å². The molecule has 0 fully saturated rings. The molecule has 0 saturated heterocycles. The number of benzene rings is 2. The van der Waals surface area contributed by atoms with Gasteiger partial charge >= 0.3 is 0 Å². The number of hydrogen-bond acceptors (Lipinski definition) is 3. The van der Waals surface area contributed by atoms with Crippen molar-refractivity contribution in [3.8, 4) is 17.0 Å². The van der Waals surface area contributed by atoms with Crippen LogP contribution in [0, 0.1) is 0 Å². The third-order valence-electron chi connectivity index (χ3n) is 4.95. The summed E-state index contributed by atoms with van der Waals surface area (Å²) in [4.78, 5) is 2.25.